The number of aryl methyl sites for hydroxylation is 1. The molecule has 0 unspecified atom stereocenters. The second-order valence-corrected chi connectivity index (χ2v) is 5.55. The molecule has 0 atom stereocenters. The van der Waals surface area contributed by atoms with Crippen LogP contribution in [0.4, 0.5) is 13.2 Å². The summed E-state index contributed by atoms with van der Waals surface area (Å²) in [5.41, 5.74) is 1.59. The Balaban J connectivity index is 2.09. The Labute approximate surface area is 132 Å². The van der Waals surface area contributed by atoms with Crippen LogP contribution in [0.15, 0.2) is 48.5 Å². The number of imidazole rings is 1. The van der Waals surface area contributed by atoms with Crippen LogP contribution in [0, 0.1) is 0 Å². The first-order valence-corrected chi connectivity index (χ1v) is 7.59. The summed E-state index contributed by atoms with van der Waals surface area (Å²) in [6.45, 7) is 2.64. The minimum atomic E-state index is -4.34. The quantitative estimate of drug-likeness (QED) is 0.658. The number of benzene rings is 2. The van der Waals surface area contributed by atoms with Gasteiger partial charge in [-0.15, -0.1) is 0 Å². The number of halogens is 3. The summed E-state index contributed by atoms with van der Waals surface area (Å²) in [5, 5.41) is 0. The Morgan fingerprint density at radius 1 is 1.04 bits per heavy atom. The summed E-state index contributed by atoms with van der Waals surface area (Å²) in [7, 11) is 0. The van der Waals surface area contributed by atoms with E-state index in [1.807, 2.05) is 41.8 Å². The normalized spacial score (nSPS) is 12.0. The molecule has 120 valence electrons. The smallest absolute Gasteiger partial charge is 0.323 e. The molecular weight excluding hydrogens is 301 g/mol. The van der Waals surface area contributed by atoms with Crippen molar-refractivity contribution in [2.24, 2.45) is 0 Å². The van der Waals surface area contributed by atoms with Crippen LogP contribution in [0.3, 0.4) is 0 Å². The second-order valence-electron chi connectivity index (χ2n) is 5.55. The minimum absolute atomic E-state index is 0.402. The van der Waals surface area contributed by atoms with E-state index >= 15 is 0 Å². The predicted octanol–water partition coefficient (Wildman–Crippen LogP) is 5.06. The highest BCUT2D eigenvalue weighted by atomic mass is 19.4. The van der Waals surface area contributed by atoms with Gasteiger partial charge >= 0.3 is 6.18 Å². The zero-order valence-electron chi connectivity index (χ0n) is 12.8. The standard InChI is InChI=1S/C18H17F3N2/c1-2-6-17-22-15-11-14(18(19,20)21)9-10-16(15)23(17)12-13-7-4-3-5-8-13/h3-5,7-11H,2,6,12H2,1H3. The van der Waals surface area contributed by atoms with Crippen LogP contribution in [0.2, 0.25) is 0 Å². The maximum absolute atomic E-state index is 12.9. The number of hydrogen-bond donors (Lipinski definition) is 0. The summed E-state index contributed by atoms with van der Waals surface area (Å²) in [6, 6.07) is 13.6. The van der Waals surface area contributed by atoms with E-state index in [-0.39, 0.29) is 0 Å². The lowest BCUT2D eigenvalue weighted by atomic mass is 10.2. The highest BCUT2D eigenvalue weighted by molar-refractivity contribution is 5.77. The number of aromatic nitrogens is 2. The molecule has 0 fully saturated rings. The lowest BCUT2D eigenvalue weighted by Gasteiger charge is -2.10. The summed E-state index contributed by atoms with van der Waals surface area (Å²) >= 11 is 0. The van der Waals surface area contributed by atoms with Crippen LogP contribution >= 0.6 is 0 Å². The van der Waals surface area contributed by atoms with Crippen LogP contribution in [-0.4, -0.2) is 9.55 Å². The number of alkyl halides is 3. The molecule has 0 bridgehead atoms. The molecule has 3 rings (SSSR count). The zero-order valence-corrected chi connectivity index (χ0v) is 12.8. The molecule has 0 saturated heterocycles. The van der Waals surface area contributed by atoms with Gasteiger partial charge in [0.05, 0.1) is 16.6 Å². The monoisotopic (exact) mass is 318 g/mol. The number of fused-ring (bicyclic) bond motifs is 1. The van der Waals surface area contributed by atoms with Gasteiger partial charge in [0.2, 0.25) is 0 Å². The molecule has 23 heavy (non-hydrogen) atoms. The Hall–Kier alpha value is -2.30. The van der Waals surface area contributed by atoms with E-state index in [1.165, 1.54) is 6.07 Å². The maximum Gasteiger partial charge on any atom is 0.416 e. The summed E-state index contributed by atoms with van der Waals surface area (Å²) in [4.78, 5) is 4.44. The van der Waals surface area contributed by atoms with Crippen molar-refractivity contribution in [3.8, 4) is 0 Å². The van der Waals surface area contributed by atoms with Crippen molar-refractivity contribution >= 4 is 11.0 Å². The molecule has 5 heteroatoms. The first kappa shape index (κ1) is 15.6. The first-order valence-electron chi connectivity index (χ1n) is 7.59. The van der Waals surface area contributed by atoms with E-state index in [9.17, 15) is 13.2 Å². The molecule has 0 amide bonds. The SMILES string of the molecule is CCCc1nc2cc(C(F)(F)F)ccc2n1Cc1ccccc1. The van der Waals surface area contributed by atoms with Crippen LogP contribution in [0.1, 0.15) is 30.3 Å². The lowest BCUT2D eigenvalue weighted by molar-refractivity contribution is -0.137. The van der Waals surface area contributed by atoms with Gasteiger partial charge in [0.25, 0.3) is 0 Å². The Morgan fingerprint density at radius 3 is 2.43 bits per heavy atom. The molecular formula is C18H17F3N2. The predicted molar refractivity (Wildman–Crippen MR) is 84.3 cm³/mol. The van der Waals surface area contributed by atoms with Gasteiger partial charge in [-0.05, 0) is 30.2 Å². The third-order valence-electron chi connectivity index (χ3n) is 3.81. The molecule has 0 spiro atoms. The molecule has 0 radical (unpaired) electrons. The fourth-order valence-corrected chi connectivity index (χ4v) is 2.71. The van der Waals surface area contributed by atoms with Crippen LogP contribution in [0.5, 0.6) is 0 Å². The van der Waals surface area contributed by atoms with Gasteiger partial charge in [-0.1, -0.05) is 37.3 Å². The Kier molecular flexibility index (Phi) is 4.11. The summed E-state index contributed by atoms with van der Waals surface area (Å²) < 4.78 is 40.7. The number of rotatable bonds is 4. The van der Waals surface area contributed by atoms with Crippen molar-refractivity contribution in [1.29, 1.82) is 0 Å². The van der Waals surface area contributed by atoms with Crippen molar-refractivity contribution in [2.75, 3.05) is 0 Å². The van der Waals surface area contributed by atoms with Gasteiger partial charge in [0, 0.05) is 13.0 Å². The average molecular weight is 318 g/mol. The molecule has 2 nitrogen and oxygen atoms in total. The molecule has 0 saturated carbocycles. The first-order chi connectivity index (χ1) is 11.0. The third-order valence-corrected chi connectivity index (χ3v) is 3.81. The molecule has 0 aliphatic carbocycles. The van der Waals surface area contributed by atoms with Crippen LogP contribution in [-0.2, 0) is 19.1 Å². The van der Waals surface area contributed by atoms with E-state index in [4.69, 9.17) is 0 Å². The highest BCUT2D eigenvalue weighted by Gasteiger charge is 2.31. The van der Waals surface area contributed by atoms with E-state index < -0.39 is 11.7 Å². The molecule has 2 aromatic carbocycles. The average Bonchev–Trinajstić information content (AvgIpc) is 2.85. The van der Waals surface area contributed by atoms with Crippen molar-refractivity contribution in [3.05, 3.63) is 65.5 Å². The minimum Gasteiger partial charge on any atom is -0.323 e. The van der Waals surface area contributed by atoms with Crippen molar-refractivity contribution in [3.63, 3.8) is 0 Å². The molecule has 1 heterocycles. The lowest BCUT2D eigenvalue weighted by Crippen LogP contribution is -2.06. The van der Waals surface area contributed by atoms with Gasteiger partial charge < -0.3 is 4.57 Å². The summed E-state index contributed by atoms with van der Waals surface area (Å²) in [5.74, 6) is 0.825. The third kappa shape index (κ3) is 3.23. The molecule has 0 N–H and O–H groups in total. The molecule has 3 aromatic rings. The fraction of sp³-hybridized carbons (Fsp3) is 0.278. The van der Waals surface area contributed by atoms with E-state index in [2.05, 4.69) is 4.98 Å². The summed E-state index contributed by atoms with van der Waals surface area (Å²) in [6.07, 6.45) is -2.71. The molecule has 1 aromatic heterocycles. The zero-order chi connectivity index (χ0) is 16.4. The van der Waals surface area contributed by atoms with Crippen molar-refractivity contribution in [2.45, 2.75) is 32.5 Å². The molecule has 0 aliphatic heterocycles. The van der Waals surface area contributed by atoms with Gasteiger partial charge in [-0.2, -0.15) is 13.2 Å². The largest absolute Gasteiger partial charge is 0.416 e. The van der Waals surface area contributed by atoms with Crippen LogP contribution in [0.25, 0.3) is 11.0 Å². The number of hydrogen-bond acceptors (Lipinski definition) is 1. The number of nitrogens with zero attached hydrogens (tertiary/aromatic N) is 2. The van der Waals surface area contributed by atoms with Crippen molar-refractivity contribution in [1.82, 2.24) is 9.55 Å². The van der Waals surface area contributed by atoms with Gasteiger partial charge in [0.15, 0.2) is 0 Å². The highest BCUT2D eigenvalue weighted by Crippen LogP contribution is 2.31. The second kappa shape index (κ2) is 6.07. The molecule has 0 aliphatic rings. The van der Waals surface area contributed by atoms with E-state index in [1.54, 1.807) is 0 Å². The van der Waals surface area contributed by atoms with E-state index in [0.717, 1.165) is 41.9 Å². The Morgan fingerprint density at radius 2 is 1.78 bits per heavy atom. The van der Waals surface area contributed by atoms with Gasteiger partial charge in [0.1, 0.15) is 5.82 Å². The topological polar surface area (TPSA) is 17.8 Å². The Bertz CT molecular complexity index is 804. The van der Waals surface area contributed by atoms with Crippen LogP contribution < -0.4 is 0 Å². The van der Waals surface area contributed by atoms with Gasteiger partial charge in [-0.25, -0.2) is 4.98 Å². The fourth-order valence-electron chi connectivity index (χ4n) is 2.71. The van der Waals surface area contributed by atoms with E-state index in [0.29, 0.717) is 12.1 Å². The van der Waals surface area contributed by atoms with Gasteiger partial charge in [-0.3, -0.25) is 0 Å². The maximum atomic E-state index is 12.9. The van der Waals surface area contributed by atoms with Crippen molar-refractivity contribution < 1.29 is 13.2 Å².